The van der Waals surface area contributed by atoms with E-state index in [1.165, 1.54) is 24.9 Å². The van der Waals surface area contributed by atoms with Gasteiger partial charge in [0.1, 0.15) is 5.75 Å². The molecule has 104 valence electrons. The van der Waals surface area contributed by atoms with E-state index in [-0.39, 0.29) is 5.69 Å². The number of benzene rings is 2. The van der Waals surface area contributed by atoms with Crippen molar-refractivity contribution in [2.45, 2.75) is 16.3 Å². The monoisotopic (exact) mass is 290 g/mol. The first kappa shape index (κ1) is 14.4. The Hall–Kier alpha value is -2.05. The minimum absolute atomic E-state index is 0.0638. The van der Waals surface area contributed by atoms with E-state index in [1.807, 2.05) is 24.3 Å². The first-order valence-corrected chi connectivity index (χ1v) is 6.75. The molecule has 2 aromatic rings. The van der Waals surface area contributed by atoms with Gasteiger partial charge in [-0.2, -0.15) is 0 Å². The Labute approximate surface area is 120 Å². The molecule has 20 heavy (non-hydrogen) atoms. The first-order valence-electron chi connectivity index (χ1n) is 5.93. The molecule has 2 aromatic carbocycles. The van der Waals surface area contributed by atoms with Crippen LogP contribution in [-0.4, -0.2) is 12.0 Å². The van der Waals surface area contributed by atoms with E-state index in [2.05, 4.69) is 0 Å². The normalized spacial score (nSPS) is 10.3. The summed E-state index contributed by atoms with van der Waals surface area (Å²) in [5.74, 6) is 0.591. The van der Waals surface area contributed by atoms with Gasteiger partial charge < -0.3 is 10.5 Å². The SMILES string of the molecule is COc1ccc([N+](=O)[O-])c(Sc2cccc(CN)c2)c1. The highest BCUT2D eigenvalue weighted by Crippen LogP contribution is 2.37. The summed E-state index contributed by atoms with van der Waals surface area (Å²) in [6, 6.07) is 12.3. The quantitative estimate of drug-likeness (QED) is 0.675. The number of nitrogens with two attached hydrogens (primary N) is 1. The van der Waals surface area contributed by atoms with Gasteiger partial charge in [0.15, 0.2) is 0 Å². The molecule has 0 spiro atoms. The Morgan fingerprint density at radius 3 is 2.75 bits per heavy atom. The van der Waals surface area contributed by atoms with Crippen molar-refractivity contribution in [3.05, 3.63) is 58.1 Å². The molecule has 2 N–H and O–H groups in total. The number of nitro groups is 1. The highest BCUT2D eigenvalue weighted by atomic mass is 32.2. The Bertz CT molecular complexity index is 632. The third-order valence-electron chi connectivity index (χ3n) is 2.73. The van der Waals surface area contributed by atoms with E-state index in [0.717, 1.165) is 10.5 Å². The number of nitrogens with zero attached hydrogens (tertiary/aromatic N) is 1. The van der Waals surface area contributed by atoms with Crippen LogP contribution in [0.2, 0.25) is 0 Å². The maximum absolute atomic E-state index is 11.1. The minimum atomic E-state index is -0.394. The number of hydrogen-bond acceptors (Lipinski definition) is 5. The molecule has 5 nitrogen and oxygen atoms in total. The summed E-state index contributed by atoms with van der Waals surface area (Å²) < 4.78 is 5.12. The lowest BCUT2D eigenvalue weighted by molar-refractivity contribution is -0.387. The largest absolute Gasteiger partial charge is 0.497 e. The molecule has 0 atom stereocenters. The van der Waals surface area contributed by atoms with Crippen molar-refractivity contribution in [1.29, 1.82) is 0 Å². The standard InChI is InChI=1S/C14H14N2O3S/c1-19-11-5-6-13(16(17)18)14(8-11)20-12-4-2-3-10(7-12)9-15/h2-8H,9,15H2,1H3. The smallest absolute Gasteiger partial charge is 0.283 e. The van der Waals surface area contributed by atoms with Gasteiger partial charge in [-0.25, -0.2) is 0 Å². The molecule has 0 saturated carbocycles. The van der Waals surface area contributed by atoms with Gasteiger partial charge >= 0.3 is 0 Å². The fraction of sp³-hybridized carbons (Fsp3) is 0.143. The summed E-state index contributed by atoms with van der Waals surface area (Å²) in [7, 11) is 1.53. The van der Waals surface area contributed by atoms with Crippen molar-refractivity contribution in [3.8, 4) is 5.75 Å². The van der Waals surface area contributed by atoms with Crippen LogP contribution >= 0.6 is 11.8 Å². The second-order valence-corrected chi connectivity index (χ2v) is 5.16. The molecule has 6 heteroatoms. The fourth-order valence-corrected chi connectivity index (χ4v) is 2.75. The maximum Gasteiger partial charge on any atom is 0.283 e. The highest BCUT2D eigenvalue weighted by Gasteiger charge is 2.15. The molecule has 0 saturated heterocycles. The van der Waals surface area contributed by atoms with E-state index in [9.17, 15) is 10.1 Å². The lowest BCUT2D eigenvalue weighted by Gasteiger charge is -2.06. The molecule has 0 unspecified atom stereocenters. The van der Waals surface area contributed by atoms with E-state index < -0.39 is 4.92 Å². The zero-order valence-electron chi connectivity index (χ0n) is 10.9. The predicted octanol–water partition coefficient (Wildman–Crippen LogP) is 3.21. The van der Waals surface area contributed by atoms with E-state index in [1.54, 1.807) is 12.1 Å². The third kappa shape index (κ3) is 3.28. The lowest BCUT2D eigenvalue weighted by Crippen LogP contribution is -1.96. The average molecular weight is 290 g/mol. The van der Waals surface area contributed by atoms with Crippen LogP contribution in [0.3, 0.4) is 0 Å². The number of ether oxygens (including phenoxy) is 1. The molecule has 0 radical (unpaired) electrons. The van der Waals surface area contributed by atoms with Crippen LogP contribution in [0.15, 0.2) is 52.3 Å². The molecule has 0 aliphatic rings. The zero-order valence-corrected chi connectivity index (χ0v) is 11.7. The molecule has 2 rings (SSSR count). The molecule has 0 heterocycles. The predicted molar refractivity (Wildman–Crippen MR) is 78.1 cm³/mol. The number of nitro benzene ring substituents is 1. The van der Waals surface area contributed by atoms with Gasteiger partial charge in [0.25, 0.3) is 5.69 Å². The Morgan fingerprint density at radius 1 is 1.30 bits per heavy atom. The van der Waals surface area contributed by atoms with Crippen LogP contribution in [0, 0.1) is 10.1 Å². The molecular weight excluding hydrogens is 276 g/mol. The highest BCUT2D eigenvalue weighted by molar-refractivity contribution is 7.99. The minimum Gasteiger partial charge on any atom is -0.497 e. The molecule has 0 bridgehead atoms. The molecule has 0 aliphatic carbocycles. The Kier molecular flexibility index (Phi) is 4.60. The average Bonchev–Trinajstić information content (AvgIpc) is 2.47. The van der Waals surface area contributed by atoms with Crippen molar-refractivity contribution in [1.82, 2.24) is 0 Å². The third-order valence-corrected chi connectivity index (χ3v) is 3.76. The van der Waals surface area contributed by atoms with E-state index in [4.69, 9.17) is 10.5 Å². The van der Waals surface area contributed by atoms with Gasteiger partial charge in [0.2, 0.25) is 0 Å². The van der Waals surface area contributed by atoms with E-state index >= 15 is 0 Å². The van der Waals surface area contributed by atoms with Gasteiger partial charge in [0, 0.05) is 23.6 Å². The second kappa shape index (κ2) is 6.40. The molecule has 0 amide bonds. The van der Waals surface area contributed by atoms with E-state index in [0.29, 0.717) is 17.2 Å². The number of rotatable bonds is 5. The summed E-state index contributed by atoms with van der Waals surface area (Å²) in [6.45, 7) is 0.439. The van der Waals surface area contributed by atoms with Crippen LogP contribution in [0.25, 0.3) is 0 Å². The van der Waals surface area contributed by atoms with Crippen LogP contribution in [0.1, 0.15) is 5.56 Å². The fourth-order valence-electron chi connectivity index (χ4n) is 1.72. The van der Waals surface area contributed by atoms with Crippen molar-refractivity contribution >= 4 is 17.4 Å². The summed E-state index contributed by atoms with van der Waals surface area (Å²) in [5, 5.41) is 11.1. The Morgan fingerprint density at radius 2 is 2.10 bits per heavy atom. The van der Waals surface area contributed by atoms with Gasteiger partial charge in [-0.1, -0.05) is 23.9 Å². The topological polar surface area (TPSA) is 78.4 Å². The molecular formula is C14H14N2O3S. The zero-order chi connectivity index (χ0) is 14.5. The first-order chi connectivity index (χ1) is 9.63. The van der Waals surface area contributed by atoms with Crippen LogP contribution in [0.5, 0.6) is 5.75 Å². The van der Waals surface area contributed by atoms with Crippen molar-refractivity contribution in [2.75, 3.05) is 7.11 Å². The van der Waals surface area contributed by atoms with Gasteiger partial charge in [-0.05, 0) is 23.8 Å². The van der Waals surface area contributed by atoms with Crippen molar-refractivity contribution < 1.29 is 9.66 Å². The number of methoxy groups -OCH3 is 1. The van der Waals surface area contributed by atoms with Crippen LogP contribution in [0.4, 0.5) is 5.69 Å². The van der Waals surface area contributed by atoms with Crippen molar-refractivity contribution in [2.24, 2.45) is 5.73 Å². The molecule has 0 aliphatic heterocycles. The maximum atomic E-state index is 11.1. The van der Waals surface area contributed by atoms with Crippen LogP contribution < -0.4 is 10.5 Å². The number of hydrogen-bond donors (Lipinski definition) is 1. The lowest BCUT2D eigenvalue weighted by atomic mass is 10.2. The molecule has 0 fully saturated rings. The summed E-state index contributed by atoms with van der Waals surface area (Å²) >= 11 is 1.32. The van der Waals surface area contributed by atoms with Crippen molar-refractivity contribution in [3.63, 3.8) is 0 Å². The summed E-state index contributed by atoms with van der Waals surface area (Å²) in [4.78, 5) is 12.1. The van der Waals surface area contributed by atoms with Gasteiger partial charge in [-0.3, -0.25) is 10.1 Å². The van der Waals surface area contributed by atoms with Gasteiger partial charge in [0.05, 0.1) is 16.9 Å². The Balaban J connectivity index is 2.37. The summed E-state index contributed by atoms with van der Waals surface area (Å²) in [6.07, 6.45) is 0. The van der Waals surface area contributed by atoms with Crippen LogP contribution in [-0.2, 0) is 6.54 Å². The van der Waals surface area contributed by atoms with Gasteiger partial charge in [-0.15, -0.1) is 0 Å². The second-order valence-electron chi connectivity index (χ2n) is 4.04. The summed E-state index contributed by atoms with van der Waals surface area (Å²) in [5.41, 5.74) is 6.65. The molecule has 0 aromatic heterocycles.